The van der Waals surface area contributed by atoms with Gasteiger partial charge in [0.25, 0.3) is 5.56 Å². The first-order valence-electron chi connectivity index (χ1n) is 7.13. The number of aromatic nitrogens is 3. The van der Waals surface area contributed by atoms with Crippen LogP contribution in [0.15, 0.2) is 17.1 Å². The Labute approximate surface area is 122 Å². The Morgan fingerprint density at radius 3 is 3.10 bits per heavy atom. The van der Waals surface area contributed by atoms with Crippen LogP contribution in [0.3, 0.4) is 0 Å². The number of aromatic amines is 1. The Hall–Kier alpha value is -2.15. The standard InChI is InChI=1S/C14H19N5O2/c1-9-8-15-5-6-18(9)13(20)7-11-10(2)17-12-3-4-16-19(12)14(11)21/h3-4,9,15-16H,5-8H2,1-2H3/t9-/m0/s1. The van der Waals surface area contributed by atoms with Crippen molar-refractivity contribution in [1.29, 1.82) is 0 Å². The Morgan fingerprint density at radius 1 is 1.52 bits per heavy atom. The van der Waals surface area contributed by atoms with Gasteiger partial charge >= 0.3 is 0 Å². The van der Waals surface area contributed by atoms with Gasteiger partial charge in [0, 0.05) is 49.2 Å². The Bertz CT molecular complexity index is 733. The summed E-state index contributed by atoms with van der Waals surface area (Å²) >= 11 is 0. The molecule has 1 aliphatic heterocycles. The quantitative estimate of drug-likeness (QED) is 0.795. The third kappa shape index (κ3) is 2.44. The molecule has 0 radical (unpaired) electrons. The van der Waals surface area contributed by atoms with Crippen molar-refractivity contribution in [3.63, 3.8) is 0 Å². The fourth-order valence-electron chi connectivity index (χ4n) is 2.77. The van der Waals surface area contributed by atoms with E-state index in [0.717, 1.165) is 13.1 Å². The molecule has 1 atom stereocenters. The molecule has 112 valence electrons. The fraction of sp³-hybridized carbons (Fsp3) is 0.500. The van der Waals surface area contributed by atoms with Crippen molar-refractivity contribution in [2.75, 3.05) is 19.6 Å². The highest BCUT2D eigenvalue weighted by atomic mass is 16.2. The number of carbonyl (C=O) groups is 1. The van der Waals surface area contributed by atoms with E-state index >= 15 is 0 Å². The average Bonchev–Trinajstić information content (AvgIpc) is 2.92. The van der Waals surface area contributed by atoms with E-state index in [1.54, 1.807) is 19.2 Å². The van der Waals surface area contributed by atoms with Crippen molar-refractivity contribution in [1.82, 2.24) is 24.8 Å². The fourth-order valence-corrected chi connectivity index (χ4v) is 2.77. The Kier molecular flexibility index (Phi) is 3.50. The number of fused-ring (bicyclic) bond motifs is 1. The van der Waals surface area contributed by atoms with Crippen LogP contribution in [-0.4, -0.2) is 51.1 Å². The molecule has 0 aromatic carbocycles. The molecule has 0 saturated carbocycles. The molecular weight excluding hydrogens is 270 g/mol. The van der Waals surface area contributed by atoms with Gasteiger partial charge in [0.15, 0.2) is 5.65 Å². The van der Waals surface area contributed by atoms with Gasteiger partial charge in [-0.2, -0.15) is 0 Å². The van der Waals surface area contributed by atoms with Crippen LogP contribution in [0.5, 0.6) is 0 Å². The molecule has 2 aromatic heterocycles. The van der Waals surface area contributed by atoms with Crippen molar-refractivity contribution in [3.05, 3.63) is 33.9 Å². The molecular formula is C14H19N5O2. The summed E-state index contributed by atoms with van der Waals surface area (Å²) < 4.78 is 1.37. The molecule has 1 aliphatic rings. The van der Waals surface area contributed by atoms with Crippen LogP contribution >= 0.6 is 0 Å². The van der Waals surface area contributed by atoms with Gasteiger partial charge in [0.1, 0.15) is 0 Å². The number of rotatable bonds is 2. The molecule has 2 N–H and O–H groups in total. The third-order valence-electron chi connectivity index (χ3n) is 4.00. The molecule has 3 heterocycles. The van der Waals surface area contributed by atoms with Crippen LogP contribution in [0, 0.1) is 6.92 Å². The van der Waals surface area contributed by atoms with Crippen molar-refractivity contribution >= 4 is 11.6 Å². The number of piperazine rings is 1. The first-order chi connectivity index (χ1) is 10.1. The summed E-state index contributed by atoms with van der Waals surface area (Å²) in [6.45, 7) is 6.05. The van der Waals surface area contributed by atoms with Crippen LogP contribution in [0.25, 0.3) is 5.65 Å². The monoisotopic (exact) mass is 289 g/mol. The molecule has 2 aromatic rings. The second-order valence-corrected chi connectivity index (χ2v) is 5.45. The number of hydrogen-bond acceptors (Lipinski definition) is 4. The SMILES string of the molecule is Cc1nc2cc[nH]n2c(=O)c1CC(=O)N1CCNC[C@@H]1C. The largest absolute Gasteiger partial charge is 0.337 e. The first-order valence-corrected chi connectivity index (χ1v) is 7.13. The molecule has 0 spiro atoms. The molecule has 1 fully saturated rings. The second-order valence-electron chi connectivity index (χ2n) is 5.45. The summed E-state index contributed by atoms with van der Waals surface area (Å²) in [4.78, 5) is 31.1. The van der Waals surface area contributed by atoms with Gasteiger partial charge in [0.05, 0.1) is 6.42 Å². The Balaban J connectivity index is 1.90. The summed E-state index contributed by atoms with van der Waals surface area (Å²) in [6.07, 6.45) is 1.76. The smallest absolute Gasteiger partial charge is 0.276 e. The lowest BCUT2D eigenvalue weighted by Gasteiger charge is -2.34. The molecule has 7 nitrogen and oxygen atoms in total. The summed E-state index contributed by atoms with van der Waals surface area (Å²) in [7, 11) is 0. The molecule has 0 unspecified atom stereocenters. The average molecular weight is 289 g/mol. The summed E-state index contributed by atoms with van der Waals surface area (Å²) in [5.41, 5.74) is 1.46. The van der Waals surface area contributed by atoms with Gasteiger partial charge in [-0.15, -0.1) is 0 Å². The first kappa shape index (κ1) is 13.8. The summed E-state index contributed by atoms with van der Waals surface area (Å²) in [6, 6.07) is 1.88. The molecule has 3 rings (SSSR count). The van der Waals surface area contributed by atoms with Crippen molar-refractivity contribution in [3.8, 4) is 0 Å². The molecule has 1 saturated heterocycles. The number of amides is 1. The number of nitrogens with zero attached hydrogens (tertiary/aromatic N) is 3. The summed E-state index contributed by atoms with van der Waals surface area (Å²) in [5.74, 6) is -0.0162. The molecule has 0 aliphatic carbocycles. The zero-order valence-corrected chi connectivity index (χ0v) is 12.2. The van der Waals surface area contributed by atoms with Gasteiger partial charge in [-0.25, -0.2) is 9.50 Å². The van der Waals surface area contributed by atoms with E-state index in [-0.39, 0.29) is 23.9 Å². The van der Waals surface area contributed by atoms with Crippen LogP contribution < -0.4 is 10.9 Å². The van der Waals surface area contributed by atoms with Gasteiger partial charge in [-0.1, -0.05) is 0 Å². The molecule has 1 amide bonds. The highest BCUT2D eigenvalue weighted by Gasteiger charge is 2.24. The minimum Gasteiger partial charge on any atom is -0.337 e. The zero-order chi connectivity index (χ0) is 15.0. The number of carbonyl (C=O) groups excluding carboxylic acids is 1. The van der Waals surface area contributed by atoms with Gasteiger partial charge in [-0.05, 0) is 13.8 Å². The van der Waals surface area contributed by atoms with Gasteiger partial charge in [-0.3, -0.25) is 14.7 Å². The predicted octanol–water partition coefficient (Wildman–Crippen LogP) is -0.306. The van der Waals surface area contributed by atoms with E-state index in [1.165, 1.54) is 4.52 Å². The van der Waals surface area contributed by atoms with E-state index in [2.05, 4.69) is 15.4 Å². The maximum Gasteiger partial charge on any atom is 0.276 e. The highest BCUT2D eigenvalue weighted by molar-refractivity contribution is 5.79. The zero-order valence-electron chi connectivity index (χ0n) is 12.2. The van der Waals surface area contributed by atoms with E-state index < -0.39 is 0 Å². The lowest BCUT2D eigenvalue weighted by molar-refractivity contribution is -0.133. The maximum atomic E-state index is 12.5. The van der Waals surface area contributed by atoms with E-state index in [1.807, 2.05) is 11.8 Å². The predicted molar refractivity (Wildman–Crippen MR) is 78.3 cm³/mol. The van der Waals surface area contributed by atoms with E-state index in [4.69, 9.17) is 0 Å². The number of aryl methyl sites for hydroxylation is 1. The van der Waals surface area contributed by atoms with Crippen LogP contribution in [0.1, 0.15) is 18.2 Å². The van der Waals surface area contributed by atoms with Crippen LogP contribution in [-0.2, 0) is 11.2 Å². The van der Waals surface area contributed by atoms with Crippen LogP contribution in [0.4, 0.5) is 0 Å². The lowest BCUT2D eigenvalue weighted by Crippen LogP contribution is -2.53. The van der Waals surface area contributed by atoms with Gasteiger partial charge in [0.2, 0.25) is 5.91 Å². The Morgan fingerprint density at radius 2 is 2.33 bits per heavy atom. The molecule has 0 bridgehead atoms. The van der Waals surface area contributed by atoms with Gasteiger partial charge < -0.3 is 10.2 Å². The minimum atomic E-state index is -0.196. The number of hydrogen-bond donors (Lipinski definition) is 2. The number of H-pyrrole nitrogens is 1. The normalized spacial score (nSPS) is 19.1. The van der Waals surface area contributed by atoms with E-state index in [0.29, 0.717) is 23.4 Å². The molecule has 21 heavy (non-hydrogen) atoms. The maximum absolute atomic E-state index is 12.5. The minimum absolute atomic E-state index is 0.0162. The van der Waals surface area contributed by atoms with Crippen molar-refractivity contribution in [2.24, 2.45) is 0 Å². The second kappa shape index (κ2) is 5.33. The van der Waals surface area contributed by atoms with Crippen LogP contribution in [0.2, 0.25) is 0 Å². The third-order valence-corrected chi connectivity index (χ3v) is 4.00. The van der Waals surface area contributed by atoms with Crippen molar-refractivity contribution in [2.45, 2.75) is 26.3 Å². The highest BCUT2D eigenvalue weighted by Crippen LogP contribution is 2.09. The molecule has 7 heteroatoms. The topological polar surface area (TPSA) is 82.5 Å². The number of nitrogens with one attached hydrogen (secondary N) is 2. The van der Waals surface area contributed by atoms with Crippen molar-refractivity contribution < 1.29 is 4.79 Å². The lowest BCUT2D eigenvalue weighted by atomic mass is 10.1. The summed E-state index contributed by atoms with van der Waals surface area (Å²) in [5, 5.41) is 6.07. The van der Waals surface area contributed by atoms with E-state index in [9.17, 15) is 9.59 Å².